The third kappa shape index (κ3) is 4.17. The van der Waals surface area contributed by atoms with Gasteiger partial charge in [-0.25, -0.2) is 13.6 Å². The van der Waals surface area contributed by atoms with E-state index in [1.165, 1.54) is 35.9 Å². The van der Waals surface area contributed by atoms with Gasteiger partial charge in [0.05, 0.1) is 11.6 Å². The van der Waals surface area contributed by atoms with Gasteiger partial charge in [-0.2, -0.15) is 5.26 Å². The molecule has 160 valence electrons. The van der Waals surface area contributed by atoms with E-state index < -0.39 is 23.2 Å². The maximum atomic E-state index is 15.2. The number of hydrogen-bond acceptors (Lipinski definition) is 3. The number of esters is 1. The van der Waals surface area contributed by atoms with Gasteiger partial charge in [0.15, 0.2) is 0 Å². The summed E-state index contributed by atoms with van der Waals surface area (Å²) in [7, 11) is 0. The van der Waals surface area contributed by atoms with E-state index in [1.54, 1.807) is 12.1 Å². The van der Waals surface area contributed by atoms with Crippen molar-refractivity contribution in [2.45, 2.75) is 32.6 Å². The van der Waals surface area contributed by atoms with Crippen LogP contribution in [0.3, 0.4) is 0 Å². The number of carbonyl (C=O) groups is 1. The van der Waals surface area contributed by atoms with Crippen molar-refractivity contribution in [2.24, 2.45) is 0 Å². The van der Waals surface area contributed by atoms with Crippen LogP contribution in [0.2, 0.25) is 0 Å². The number of aryl methyl sites for hydroxylation is 1. The summed E-state index contributed by atoms with van der Waals surface area (Å²) in [5.74, 6) is -2.96. The largest absolute Gasteiger partial charge is 0.423 e. The first-order valence-electron chi connectivity index (χ1n) is 10.6. The van der Waals surface area contributed by atoms with Crippen molar-refractivity contribution < 1.29 is 18.3 Å². The molecule has 0 aliphatic heterocycles. The van der Waals surface area contributed by atoms with E-state index in [0.717, 1.165) is 36.5 Å². The molecule has 0 spiro atoms. The summed E-state index contributed by atoms with van der Waals surface area (Å²) in [5.41, 5.74) is 0.833. The lowest BCUT2D eigenvalue weighted by molar-refractivity contribution is 0.0725. The Morgan fingerprint density at radius 3 is 2.41 bits per heavy atom. The average molecular weight is 429 g/mol. The first kappa shape index (κ1) is 21.5. The Balaban J connectivity index is 1.70. The van der Waals surface area contributed by atoms with Gasteiger partial charge in [0, 0.05) is 5.39 Å². The first-order chi connectivity index (χ1) is 15.5. The number of fused-ring (bicyclic) bond motifs is 3. The minimum absolute atomic E-state index is 0.0991. The summed E-state index contributed by atoms with van der Waals surface area (Å²) < 4.78 is 35.2. The van der Waals surface area contributed by atoms with Crippen LogP contribution >= 0.6 is 0 Å². The number of unbranched alkanes of at least 4 members (excludes halogenated alkanes) is 2. The van der Waals surface area contributed by atoms with E-state index >= 15 is 4.39 Å². The molecule has 0 bridgehead atoms. The van der Waals surface area contributed by atoms with Crippen LogP contribution in [0.1, 0.15) is 47.7 Å². The lowest BCUT2D eigenvalue weighted by Crippen LogP contribution is -2.13. The smallest absolute Gasteiger partial charge is 0.349 e. The number of carbonyl (C=O) groups excluding carboxylic acids is 1. The molecule has 0 aliphatic rings. The second-order valence-corrected chi connectivity index (χ2v) is 7.75. The molecule has 0 saturated heterocycles. The Morgan fingerprint density at radius 2 is 1.69 bits per heavy atom. The number of benzene rings is 4. The molecule has 0 aliphatic carbocycles. The van der Waals surface area contributed by atoms with E-state index in [0.29, 0.717) is 10.9 Å². The maximum Gasteiger partial charge on any atom is 0.349 e. The van der Waals surface area contributed by atoms with Gasteiger partial charge in [0.25, 0.3) is 0 Å². The highest BCUT2D eigenvalue weighted by Gasteiger charge is 2.23. The van der Waals surface area contributed by atoms with Gasteiger partial charge in [-0.1, -0.05) is 50.1 Å². The van der Waals surface area contributed by atoms with Crippen molar-refractivity contribution in [3.8, 4) is 11.8 Å². The van der Waals surface area contributed by atoms with Crippen molar-refractivity contribution in [1.29, 1.82) is 5.26 Å². The van der Waals surface area contributed by atoms with Gasteiger partial charge < -0.3 is 4.74 Å². The van der Waals surface area contributed by atoms with Crippen LogP contribution in [0.15, 0.2) is 60.7 Å². The highest BCUT2D eigenvalue weighted by atomic mass is 19.1. The zero-order chi connectivity index (χ0) is 22.7. The minimum atomic E-state index is -1.13. The maximum absolute atomic E-state index is 15.2. The zero-order valence-corrected chi connectivity index (χ0v) is 17.6. The lowest BCUT2D eigenvalue weighted by Gasteiger charge is -2.11. The standard InChI is InChI=1S/C27H21F2NO2/c1-2-3-4-5-17-8-12-21-19(14-17)9-13-22-23(21)15-24(28)25(26(22)29)27(31)32-20-10-6-18(16-30)7-11-20/h6-15H,2-5H2,1H3. The fraction of sp³-hybridized carbons (Fsp3) is 0.185. The van der Waals surface area contributed by atoms with Crippen LogP contribution in [-0.2, 0) is 6.42 Å². The van der Waals surface area contributed by atoms with Gasteiger partial charge in [0.2, 0.25) is 0 Å². The molecule has 4 aromatic carbocycles. The molecule has 4 aromatic rings. The van der Waals surface area contributed by atoms with Gasteiger partial charge in [0.1, 0.15) is 22.9 Å². The molecule has 3 nitrogen and oxygen atoms in total. The second kappa shape index (κ2) is 9.15. The molecule has 0 N–H and O–H groups in total. The zero-order valence-electron chi connectivity index (χ0n) is 17.6. The highest BCUT2D eigenvalue weighted by Crippen LogP contribution is 2.32. The summed E-state index contributed by atoms with van der Waals surface area (Å²) in [6, 6.07) is 18.1. The molecule has 0 aromatic heterocycles. The predicted molar refractivity (Wildman–Crippen MR) is 121 cm³/mol. The summed E-state index contributed by atoms with van der Waals surface area (Å²) >= 11 is 0. The molecular formula is C27H21F2NO2. The molecule has 0 atom stereocenters. The fourth-order valence-corrected chi connectivity index (χ4v) is 3.87. The van der Waals surface area contributed by atoms with Gasteiger partial charge in [-0.15, -0.1) is 0 Å². The lowest BCUT2D eigenvalue weighted by atomic mass is 9.96. The summed E-state index contributed by atoms with van der Waals surface area (Å²) in [6.45, 7) is 2.16. The predicted octanol–water partition coefficient (Wildman–Crippen LogP) is 7.09. The first-order valence-corrected chi connectivity index (χ1v) is 10.6. The quantitative estimate of drug-likeness (QED) is 0.142. The SMILES string of the molecule is CCCCCc1ccc2c(ccc3c(F)c(C(=O)Oc4ccc(C#N)cc4)c(F)cc32)c1. The normalized spacial score (nSPS) is 10.9. The molecule has 32 heavy (non-hydrogen) atoms. The number of halogens is 2. The molecule has 0 fully saturated rings. The van der Waals surface area contributed by atoms with E-state index in [-0.39, 0.29) is 11.1 Å². The topological polar surface area (TPSA) is 50.1 Å². The molecule has 5 heteroatoms. The van der Waals surface area contributed by atoms with Crippen LogP contribution in [-0.4, -0.2) is 5.97 Å². The third-order valence-electron chi connectivity index (χ3n) is 5.56. The molecule has 0 heterocycles. The van der Waals surface area contributed by atoms with Gasteiger partial charge >= 0.3 is 5.97 Å². The molecule has 0 unspecified atom stereocenters. The van der Waals surface area contributed by atoms with Crippen molar-refractivity contribution in [3.05, 3.63) is 89.0 Å². The number of nitriles is 1. The fourth-order valence-electron chi connectivity index (χ4n) is 3.87. The Labute approximate surface area is 184 Å². The molecule has 4 rings (SSSR count). The molecule has 0 radical (unpaired) electrons. The van der Waals surface area contributed by atoms with Crippen molar-refractivity contribution >= 4 is 27.5 Å². The number of rotatable bonds is 6. The van der Waals surface area contributed by atoms with Crippen molar-refractivity contribution in [1.82, 2.24) is 0 Å². The number of ether oxygens (including phenoxy) is 1. The van der Waals surface area contributed by atoms with Gasteiger partial charge in [-0.3, -0.25) is 0 Å². The summed E-state index contributed by atoms with van der Waals surface area (Å²) in [5, 5.41) is 11.0. The van der Waals surface area contributed by atoms with Crippen LogP contribution in [0.25, 0.3) is 21.5 Å². The minimum Gasteiger partial charge on any atom is -0.423 e. The Hall–Kier alpha value is -3.78. The molecular weight excluding hydrogens is 408 g/mol. The second-order valence-electron chi connectivity index (χ2n) is 7.75. The van der Waals surface area contributed by atoms with Crippen molar-refractivity contribution in [2.75, 3.05) is 0 Å². The van der Waals surface area contributed by atoms with Gasteiger partial charge in [-0.05, 0) is 64.9 Å². The van der Waals surface area contributed by atoms with Crippen LogP contribution in [0.4, 0.5) is 8.78 Å². The van der Waals surface area contributed by atoms with Crippen LogP contribution in [0, 0.1) is 23.0 Å². The van der Waals surface area contributed by atoms with E-state index in [1.807, 2.05) is 24.3 Å². The number of nitrogens with zero attached hydrogens (tertiary/aromatic N) is 1. The van der Waals surface area contributed by atoms with E-state index in [9.17, 15) is 9.18 Å². The highest BCUT2D eigenvalue weighted by molar-refractivity contribution is 6.10. The summed E-state index contributed by atoms with van der Waals surface area (Å²) in [4.78, 5) is 12.5. The Morgan fingerprint density at radius 1 is 0.938 bits per heavy atom. The molecule has 0 saturated carbocycles. The Bertz CT molecular complexity index is 1350. The van der Waals surface area contributed by atoms with E-state index in [2.05, 4.69) is 6.92 Å². The Kier molecular flexibility index (Phi) is 6.13. The monoisotopic (exact) mass is 429 g/mol. The number of hydrogen-bond donors (Lipinski definition) is 0. The summed E-state index contributed by atoms with van der Waals surface area (Å²) in [6.07, 6.45) is 4.37. The van der Waals surface area contributed by atoms with Crippen LogP contribution < -0.4 is 4.74 Å². The molecule has 0 amide bonds. The third-order valence-corrected chi connectivity index (χ3v) is 5.56. The van der Waals surface area contributed by atoms with Crippen LogP contribution in [0.5, 0.6) is 5.75 Å². The average Bonchev–Trinajstić information content (AvgIpc) is 2.79. The van der Waals surface area contributed by atoms with E-state index in [4.69, 9.17) is 10.00 Å². The van der Waals surface area contributed by atoms with Crippen molar-refractivity contribution in [3.63, 3.8) is 0 Å².